The molecule has 0 spiro atoms. The first kappa shape index (κ1) is 18.2. The summed E-state index contributed by atoms with van der Waals surface area (Å²) in [5.74, 6) is 1.27. The van der Waals surface area contributed by atoms with Gasteiger partial charge in [-0.05, 0) is 43.3 Å². The van der Waals surface area contributed by atoms with E-state index in [9.17, 15) is 9.18 Å². The van der Waals surface area contributed by atoms with Crippen LogP contribution in [0.4, 0.5) is 4.39 Å². The predicted molar refractivity (Wildman–Crippen MR) is 107 cm³/mol. The van der Waals surface area contributed by atoms with E-state index in [1.165, 1.54) is 24.3 Å². The van der Waals surface area contributed by atoms with Gasteiger partial charge in [0.15, 0.2) is 11.6 Å². The fraction of sp³-hybridized carbons (Fsp3) is 0.182. The van der Waals surface area contributed by atoms with Gasteiger partial charge in [0, 0.05) is 24.2 Å². The molecule has 1 aliphatic heterocycles. The largest absolute Gasteiger partial charge is 0.444 e. The summed E-state index contributed by atoms with van der Waals surface area (Å²) < 4.78 is 20.8. The third-order valence-corrected chi connectivity index (χ3v) is 5.29. The highest BCUT2D eigenvalue weighted by molar-refractivity contribution is 5.94. The second-order valence-corrected chi connectivity index (χ2v) is 7.12. The molecule has 0 bridgehead atoms. The maximum atomic E-state index is 13.2. The molecule has 2 aromatic heterocycles. The van der Waals surface area contributed by atoms with Crippen molar-refractivity contribution < 1.29 is 13.6 Å². The number of rotatable bonds is 3. The lowest BCUT2D eigenvalue weighted by molar-refractivity contribution is 0.0638. The van der Waals surface area contributed by atoms with Crippen molar-refractivity contribution in [1.29, 1.82) is 0 Å². The highest BCUT2D eigenvalue weighted by Crippen LogP contribution is 2.30. The number of aromatic nitrogens is 4. The van der Waals surface area contributed by atoms with Gasteiger partial charge in [0.05, 0.1) is 6.04 Å². The van der Waals surface area contributed by atoms with Crippen molar-refractivity contribution in [3.8, 4) is 23.0 Å². The number of carbonyl (C=O) groups excluding carboxylic acids is 1. The van der Waals surface area contributed by atoms with E-state index < -0.39 is 0 Å². The predicted octanol–water partition coefficient (Wildman–Crippen LogP) is 3.96. The zero-order valence-corrected chi connectivity index (χ0v) is 16.2. The number of nitrogens with zero attached hydrogens (tertiary/aromatic N) is 5. The fourth-order valence-electron chi connectivity index (χ4n) is 3.70. The number of fused-ring (bicyclic) bond motifs is 1. The summed E-state index contributed by atoms with van der Waals surface area (Å²) in [6.45, 7) is 2.92. The highest BCUT2D eigenvalue weighted by Gasteiger charge is 2.32. The molecule has 3 heterocycles. The molecular formula is C22H18FN5O2. The Morgan fingerprint density at radius 1 is 1.07 bits per heavy atom. The molecule has 4 aromatic rings. The molecule has 30 heavy (non-hydrogen) atoms. The van der Waals surface area contributed by atoms with Crippen molar-refractivity contribution in [3.05, 3.63) is 78.1 Å². The molecule has 1 aliphatic rings. The van der Waals surface area contributed by atoms with Gasteiger partial charge in [-0.1, -0.05) is 18.2 Å². The van der Waals surface area contributed by atoms with Gasteiger partial charge in [-0.2, -0.15) is 0 Å². The summed E-state index contributed by atoms with van der Waals surface area (Å²) in [6, 6.07) is 14.9. The van der Waals surface area contributed by atoms with Crippen molar-refractivity contribution in [2.75, 3.05) is 6.54 Å². The Hall–Kier alpha value is -3.81. The first-order valence-corrected chi connectivity index (χ1v) is 9.63. The van der Waals surface area contributed by atoms with Crippen LogP contribution >= 0.6 is 0 Å². The van der Waals surface area contributed by atoms with Gasteiger partial charge in [-0.15, -0.1) is 10.2 Å². The average molecular weight is 403 g/mol. The van der Waals surface area contributed by atoms with Gasteiger partial charge >= 0.3 is 0 Å². The van der Waals surface area contributed by atoms with Gasteiger partial charge in [0.25, 0.3) is 5.91 Å². The SMILES string of the molecule is C[C@@H]1c2nnc(-c3coc(-c4ccccc4)n3)n2CCN1C(=O)c1ccc(F)cc1. The van der Waals surface area contributed by atoms with Crippen molar-refractivity contribution in [2.24, 2.45) is 0 Å². The lowest BCUT2D eigenvalue weighted by atomic mass is 10.1. The van der Waals surface area contributed by atoms with Gasteiger partial charge in [0.1, 0.15) is 17.8 Å². The summed E-state index contributed by atoms with van der Waals surface area (Å²) in [7, 11) is 0. The van der Waals surface area contributed by atoms with Gasteiger partial charge in [-0.25, -0.2) is 9.37 Å². The third-order valence-electron chi connectivity index (χ3n) is 5.29. The van der Waals surface area contributed by atoms with Crippen LogP contribution in [0.3, 0.4) is 0 Å². The molecule has 1 amide bonds. The molecule has 0 radical (unpaired) electrons. The lowest BCUT2D eigenvalue weighted by Gasteiger charge is -2.33. The van der Waals surface area contributed by atoms with Crippen LogP contribution in [0.1, 0.15) is 29.1 Å². The summed E-state index contributed by atoms with van der Waals surface area (Å²) in [5.41, 5.74) is 1.92. The van der Waals surface area contributed by atoms with Crippen LogP contribution in [0, 0.1) is 5.82 Å². The summed E-state index contributed by atoms with van der Waals surface area (Å²) in [4.78, 5) is 19.2. The molecule has 0 unspecified atom stereocenters. The molecule has 2 aromatic carbocycles. The standard InChI is InChI=1S/C22H18FN5O2/c1-14-19-25-26-20(18-13-30-21(24-18)15-5-3-2-4-6-15)28(19)12-11-27(14)22(29)16-7-9-17(23)10-8-16/h2-10,13-14H,11-12H2,1H3/t14-/m1/s1. The molecular weight excluding hydrogens is 385 g/mol. The zero-order chi connectivity index (χ0) is 20.7. The number of halogens is 1. The van der Waals surface area contributed by atoms with Crippen LogP contribution in [0.5, 0.6) is 0 Å². The molecule has 0 saturated heterocycles. The van der Waals surface area contributed by atoms with Crippen molar-refractivity contribution >= 4 is 5.91 Å². The molecule has 1 atom stereocenters. The first-order valence-electron chi connectivity index (χ1n) is 9.63. The molecule has 0 fully saturated rings. The van der Waals surface area contributed by atoms with Crippen LogP contribution in [0.2, 0.25) is 0 Å². The number of amides is 1. The summed E-state index contributed by atoms with van der Waals surface area (Å²) >= 11 is 0. The van der Waals surface area contributed by atoms with Gasteiger partial charge in [0.2, 0.25) is 5.89 Å². The summed E-state index contributed by atoms with van der Waals surface area (Å²) in [6.07, 6.45) is 1.57. The van der Waals surface area contributed by atoms with E-state index >= 15 is 0 Å². The highest BCUT2D eigenvalue weighted by atomic mass is 19.1. The van der Waals surface area contributed by atoms with Crippen LogP contribution in [-0.2, 0) is 6.54 Å². The Balaban J connectivity index is 1.42. The van der Waals surface area contributed by atoms with Crippen molar-refractivity contribution in [1.82, 2.24) is 24.6 Å². The van der Waals surface area contributed by atoms with Crippen LogP contribution in [-0.4, -0.2) is 37.1 Å². The summed E-state index contributed by atoms with van der Waals surface area (Å²) in [5, 5.41) is 8.62. The monoisotopic (exact) mass is 403 g/mol. The molecule has 0 saturated carbocycles. The Labute approximate surface area is 171 Å². The Morgan fingerprint density at radius 2 is 1.83 bits per heavy atom. The maximum absolute atomic E-state index is 13.2. The Morgan fingerprint density at radius 3 is 2.60 bits per heavy atom. The van der Waals surface area contributed by atoms with Crippen LogP contribution in [0.15, 0.2) is 65.3 Å². The van der Waals surface area contributed by atoms with E-state index in [4.69, 9.17) is 4.42 Å². The average Bonchev–Trinajstić information content (AvgIpc) is 3.42. The molecule has 7 nitrogen and oxygen atoms in total. The zero-order valence-electron chi connectivity index (χ0n) is 16.2. The van der Waals surface area contributed by atoms with E-state index in [-0.39, 0.29) is 17.8 Å². The molecule has 150 valence electrons. The molecule has 5 rings (SSSR count). The smallest absolute Gasteiger partial charge is 0.254 e. The van der Waals surface area contributed by atoms with Crippen molar-refractivity contribution in [3.63, 3.8) is 0 Å². The number of carbonyl (C=O) groups is 1. The topological polar surface area (TPSA) is 77.1 Å². The van der Waals surface area contributed by atoms with Crippen molar-refractivity contribution in [2.45, 2.75) is 19.5 Å². The van der Waals surface area contributed by atoms with E-state index in [2.05, 4.69) is 15.2 Å². The van der Waals surface area contributed by atoms with Gasteiger partial charge < -0.3 is 13.9 Å². The number of hydrogen-bond acceptors (Lipinski definition) is 5. The second kappa shape index (κ2) is 7.22. The minimum Gasteiger partial charge on any atom is -0.444 e. The molecule has 0 N–H and O–H groups in total. The number of oxazole rings is 1. The first-order chi connectivity index (χ1) is 14.6. The third kappa shape index (κ3) is 3.06. The van der Waals surface area contributed by atoms with Crippen LogP contribution < -0.4 is 0 Å². The van der Waals surface area contributed by atoms with E-state index in [1.54, 1.807) is 11.2 Å². The Kier molecular flexibility index (Phi) is 4.39. The molecule has 8 heteroatoms. The normalized spacial score (nSPS) is 15.8. The maximum Gasteiger partial charge on any atom is 0.254 e. The van der Waals surface area contributed by atoms with Gasteiger partial charge in [-0.3, -0.25) is 4.79 Å². The minimum absolute atomic E-state index is 0.161. The quantitative estimate of drug-likeness (QED) is 0.518. The Bertz CT molecular complexity index is 1200. The number of hydrogen-bond donors (Lipinski definition) is 0. The second-order valence-electron chi connectivity index (χ2n) is 7.12. The fourth-order valence-corrected chi connectivity index (χ4v) is 3.70. The number of benzene rings is 2. The van der Waals surface area contributed by atoms with Crippen LogP contribution in [0.25, 0.3) is 23.0 Å². The molecule has 0 aliphatic carbocycles. The van der Waals surface area contributed by atoms with E-state index in [0.717, 1.165) is 5.56 Å². The lowest BCUT2D eigenvalue weighted by Crippen LogP contribution is -2.41. The van der Waals surface area contributed by atoms with E-state index in [1.807, 2.05) is 41.8 Å². The minimum atomic E-state index is -0.370. The van der Waals surface area contributed by atoms with E-state index in [0.29, 0.717) is 41.9 Å².